The van der Waals surface area contributed by atoms with Crippen molar-refractivity contribution < 1.29 is 4.74 Å². The summed E-state index contributed by atoms with van der Waals surface area (Å²) in [5.41, 5.74) is 4.26. The molecule has 1 aromatic carbocycles. The van der Waals surface area contributed by atoms with Crippen LogP contribution in [0.3, 0.4) is 0 Å². The van der Waals surface area contributed by atoms with Crippen molar-refractivity contribution in [3.63, 3.8) is 0 Å². The third kappa shape index (κ3) is 2.71. The Bertz CT molecular complexity index is 461. The van der Waals surface area contributed by atoms with E-state index in [-0.39, 0.29) is 0 Å². The summed E-state index contributed by atoms with van der Waals surface area (Å²) >= 11 is 0. The van der Waals surface area contributed by atoms with Gasteiger partial charge in [0.05, 0.1) is 7.11 Å². The molecule has 0 spiro atoms. The van der Waals surface area contributed by atoms with Crippen LogP contribution >= 0.6 is 0 Å². The molecule has 0 bridgehead atoms. The Balaban J connectivity index is 2.46. The Kier molecular flexibility index (Phi) is 4.74. The normalized spacial score (nSPS) is 19.1. The molecule has 112 valence electrons. The molecule has 1 aliphatic rings. The third-order valence-corrected chi connectivity index (χ3v) is 5.07. The highest BCUT2D eigenvalue weighted by Crippen LogP contribution is 2.49. The summed E-state index contributed by atoms with van der Waals surface area (Å²) in [5, 5.41) is 3.72. The molecule has 0 heterocycles. The largest absolute Gasteiger partial charge is 0.496 e. The SMILES string of the molecule is CCNC(c1ccc(C)c(C)c1OC)C1(C)CCCC1. The molecule has 1 atom stereocenters. The fourth-order valence-electron chi connectivity index (χ4n) is 3.72. The number of aryl methyl sites for hydroxylation is 1. The molecule has 2 nitrogen and oxygen atoms in total. The second kappa shape index (κ2) is 6.17. The van der Waals surface area contributed by atoms with Crippen molar-refractivity contribution in [3.05, 3.63) is 28.8 Å². The molecule has 1 aliphatic carbocycles. The van der Waals surface area contributed by atoms with Crippen molar-refractivity contribution >= 4 is 0 Å². The van der Waals surface area contributed by atoms with Crippen LogP contribution in [0, 0.1) is 19.3 Å². The van der Waals surface area contributed by atoms with Gasteiger partial charge in [0.15, 0.2) is 0 Å². The lowest BCUT2D eigenvalue weighted by molar-refractivity contribution is 0.221. The summed E-state index contributed by atoms with van der Waals surface area (Å²) in [5.74, 6) is 1.07. The summed E-state index contributed by atoms with van der Waals surface area (Å²) in [6.45, 7) is 9.94. The molecule has 1 unspecified atom stereocenters. The highest BCUT2D eigenvalue weighted by molar-refractivity contribution is 5.47. The van der Waals surface area contributed by atoms with Crippen LogP contribution in [-0.2, 0) is 0 Å². The van der Waals surface area contributed by atoms with Crippen molar-refractivity contribution in [2.75, 3.05) is 13.7 Å². The Labute approximate surface area is 123 Å². The first kappa shape index (κ1) is 15.4. The second-order valence-corrected chi connectivity index (χ2v) is 6.48. The van der Waals surface area contributed by atoms with Gasteiger partial charge in [-0.2, -0.15) is 0 Å². The molecule has 20 heavy (non-hydrogen) atoms. The zero-order chi connectivity index (χ0) is 14.8. The molecule has 0 amide bonds. The van der Waals surface area contributed by atoms with Gasteiger partial charge in [-0.3, -0.25) is 0 Å². The minimum absolute atomic E-state index is 0.352. The monoisotopic (exact) mass is 275 g/mol. The van der Waals surface area contributed by atoms with Crippen molar-refractivity contribution in [2.45, 2.75) is 59.4 Å². The number of nitrogens with one attached hydrogen (secondary N) is 1. The van der Waals surface area contributed by atoms with Crippen LogP contribution in [0.25, 0.3) is 0 Å². The predicted octanol–water partition coefficient (Wildman–Crippen LogP) is 4.54. The second-order valence-electron chi connectivity index (χ2n) is 6.48. The van der Waals surface area contributed by atoms with Crippen molar-refractivity contribution in [1.29, 1.82) is 0 Å². The number of benzene rings is 1. The van der Waals surface area contributed by atoms with E-state index in [4.69, 9.17) is 4.74 Å². The molecule has 0 aromatic heterocycles. The van der Waals surface area contributed by atoms with E-state index < -0.39 is 0 Å². The molecule has 1 fully saturated rings. The predicted molar refractivity (Wildman–Crippen MR) is 85.5 cm³/mol. The van der Waals surface area contributed by atoms with E-state index in [1.807, 2.05) is 0 Å². The minimum Gasteiger partial charge on any atom is -0.496 e. The lowest BCUT2D eigenvalue weighted by atomic mass is 9.76. The third-order valence-electron chi connectivity index (χ3n) is 5.07. The first-order valence-corrected chi connectivity index (χ1v) is 7.91. The van der Waals surface area contributed by atoms with Gasteiger partial charge in [0, 0.05) is 11.6 Å². The van der Waals surface area contributed by atoms with Crippen LogP contribution in [0.4, 0.5) is 0 Å². The Morgan fingerprint density at radius 2 is 1.90 bits per heavy atom. The van der Waals surface area contributed by atoms with E-state index in [2.05, 4.69) is 45.1 Å². The maximum absolute atomic E-state index is 5.75. The molecule has 0 radical (unpaired) electrons. The van der Waals surface area contributed by atoms with Crippen LogP contribution in [0.5, 0.6) is 5.75 Å². The highest BCUT2D eigenvalue weighted by atomic mass is 16.5. The fraction of sp³-hybridized carbons (Fsp3) is 0.667. The van der Waals surface area contributed by atoms with E-state index in [0.29, 0.717) is 11.5 Å². The van der Waals surface area contributed by atoms with E-state index in [9.17, 15) is 0 Å². The molecule has 2 rings (SSSR count). The number of methoxy groups -OCH3 is 1. The summed E-state index contributed by atoms with van der Waals surface area (Å²) in [7, 11) is 1.80. The van der Waals surface area contributed by atoms with Crippen LogP contribution < -0.4 is 10.1 Å². The number of hydrogen-bond donors (Lipinski definition) is 1. The highest BCUT2D eigenvalue weighted by Gasteiger charge is 2.38. The van der Waals surface area contributed by atoms with Crippen molar-refractivity contribution in [2.24, 2.45) is 5.41 Å². The summed E-state index contributed by atoms with van der Waals surface area (Å²) in [6.07, 6.45) is 5.32. The van der Waals surface area contributed by atoms with Gasteiger partial charge in [0.2, 0.25) is 0 Å². The van der Waals surface area contributed by atoms with Gasteiger partial charge in [-0.15, -0.1) is 0 Å². The number of ether oxygens (including phenoxy) is 1. The Hall–Kier alpha value is -1.02. The molecule has 0 aliphatic heterocycles. The lowest BCUT2D eigenvalue weighted by Crippen LogP contribution is -2.34. The van der Waals surface area contributed by atoms with Crippen LogP contribution in [-0.4, -0.2) is 13.7 Å². The van der Waals surface area contributed by atoms with E-state index in [1.54, 1.807) is 7.11 Å². The topological polar surface area (TPSA) is 21.3 Å². The molecule has 1 N–H and O–H groups in total. The zero-order valence-electron chi connectivity index (χ0n) is 13.7. The van der Waals surface area contributed by atoms with E-state index >= 15 is 0 Å². The van der Waals surface area contributed by atoms with Gasteiger partial charge in [-0.05, 0) is 49.8 Å². The van der Waals surface area contributed by atoms with Gasteiger partial charge in [0.25, 0.3) is 0 Å². The van der Waals surface area contributed by atoms with Gasteiger partial charge < -0.3 is 10.1 Å². The number of rotatable bonds is 5. The van der Waals surface area contributed by atoms with E-state index in [0.717, 1.165) is 12.3 Å². The number of hydrogen-bond acceptors (Lipinski definition) is 2. The quantitative estimate of drug-likeness (QED) is 0.851. The van der Waals surface area contributed by atoms with Gasteiger partial charge >= 0.3 is 0 Å². The van der Waals surface area contributed by atoms with Crippen LogP contribution in [0.2, 0.25) is 0 Å². The maximum Gasteiger partial charge on any atom is 0.126 e. The molecular formula is C18H29NO. The fourth-order valence-corrected chi connectivity index (χ4v) is 3.72. The molecule has 1 saturated carbocycles. The van der Waals surface area contributed by atoms with E-state index in [1.165, 1.54) is 42.4 Å². The average Bonchev–Trinajstić information content (AvgIpc) is 2.87. The first-order valence-electron chi connectivity index (χ1n) is 7.91. The van der Waals surface area contributed by atoms with Crippen molar-refractivity contribution in [3.8, 4) is 5.75 Å². The zero-order valence-corrected chi connectivity index (χ0v) is 13.7. The lowest BCUT2D eigenvalue weighted by Gasteiger charge is -2.36. The van der Waals surface area contributed by atoms with Gasteiger partial charge in [-0.25, -0.2) is 0 Å². The minimum atomic E-state index is 0.352. The smallest absolute Gasteiger partial charge is 0.126 e. The summed E-state index contributed by atoms with van der Waals surface area (Å²) < 4.78 is 5.75. The van der Waals surface area contributed by atoms with Gasteiger partial charge in [0.1, 0.15) is 5.75 Å². The van der Waals surface area contributed by atoms with Crippen molar-refractivity contribution in [1.82, 2.24) is 5.32 Å². The molecule has 0 saturated heterocycles. The Morgan fingerprint density at radius 1 is 1.25 bits per heavy atom. The first-order chi connectivity index (χ1) is 9.53. The summed E-state index contributed by atoms with van der Waals surface area (Å²) in [6, 6.07) is 4.89. The molecule has 1 aromatic rings. The average molecular weight is 275 g/mol. The van der Waals surface area contributed by atoms with Crippen LogP contribution in [0.15, 0.2) is 12.1 Å². The summed E-state index contributed by atoms with van der Waals surface area (Å²) in [4.78, 5) is 0. The Morgan fingerprint density at radius 3 is 2.45 bits per heavy atom. The molecular weight excluding hydrogens is 246 g/mol. The van der Waals surface area contributed by atoms with Crippen LogP contribution in [0.1, 0.15) is 62.3 Å². The van der Waals surface area contributed by atoms with Gasteiger partial charge in [-0.1, -0.05) is 38.8 Å². The maximum atomic E-state index is 5.75. The molecule has 2 heteroatoms. The standard InChI is InChI=1S/C18H29NO/c1-6-19-17(18(4)11-7-8-12-18)15-10-9-13(2)14(3)16(15)20-5/h9-10,17,19H,6-8,11-12H2,1-5H3.